The van der Waals surface area contributed by atoms with Crippen molar-refractivity contribution < 1.29 is 8.42 Å². The molecule has 0 aromatic carbocycles. The van der Waals surface area contributed by atoms with E-state index in [-0.39, 0.29) is 11.1 Å². The maximum absolute atomic E-state index is 11.9. The minimum absolute atomic E-state index is 0.139. The molecule has 0 spiro atoms. The van der Waals surface area contributed by atoms with Crippen LogP contribution in [0.3, 0.4) is 0 Å². The van der Waals surface area contributed by atoms with Gasteiger partial charge in [0.05, 0.1) is 6.20 Å². The summed E-state index contributed by atoms with van der Waals surface area (Å²) in [7, 11) is -3.49. The first-order chi connectivity index (χ1) is 7.47. The fourth-order valence-electron chi connectivity index (χ4n) is 1.29. The van der Waals surface area contributed by atoms with Crippen molar-refractivity contribution in [1.29, 1.82) is 0 Å². The monoisotopic (exact) mass is 246 g/mol. The molecule has 1 aromatic rings. The van der Waals surface area contributed by atoms with E-state index in [1.165, 1.54) is 6.20 Å². The SMILES string of the molecule is CCNCc1cn[nH]c1S(=O)(=O)NC(C)C. The molecular weight excluding hydrogens is 228 g/mol. The average molecular weight is 246 g/mol. The van der Waals surface area contributed by atoms with Gasteiger partial charge in [-0.1, -0.05) is 6.92 Å². The largest absolute Gasteiger partial charge is 0.313 e. The molecule has 6 nitrogen and oxygen atoms in total. The summed E-state index contributed by atoms with van der Waals surface area (Å²) in [5.41, 5.74) is 0.648. The van der Waals surface area contributed by atoms with E-state index in [9.17, 15) is 8.42 Å². The Bertz CT molecular complexity index is 424. The quantitative estimate of drug-likeness (QED) is 0.669. The third-order valence-corrected chi connectivity index (χ3v) is 3.58. The molecule has 0 unspecified atom stereocenters. The van der Waals surface area contributed by atoms with E-state index >= 15 is 0 Å². The van der Waals surface area contributed by atoms with E-state index in [4.69, 9.17) is 0 Å². The van der Waals surface area contributed by atoms with E-state index in [1.807, 2.05) is 6.92 Å². The molecule has 1 rings (SSSR count). The Kier molecular flexibility index (Phi) is 4.45. The van der Waals surface area contributed by atoms with Crippen LogP contribution >= 0.6 is 0 Å². The van der Waals surface area contributed by atoms with E-state index in [1.54, 1.807) is 13.8 Å². The summed E-state index contributed by atoms with van der Waals surface area (Å²) in [4.78, 5) is 0. The molecule has 1 heterocycles. The second-order valence-electron chi connectivity index (χ2n) is 3.78. The molecule has 0 aliphatic rings. The van der Waals surface area contributed by atoms with Crippen molar-refractivity contribution in [2.24, 2.45) is 0 Å². The molecule has 0 fully saturated rings. The first-order valence-electron chi connectivity index (χ1n) is 5.22. The number of aromatic amines is 1. The highest BCUT2D eigenvalue weighted by atomic mass is 32.2. The predicted molar refractivity (Wildman–Crippen MR) is 61.4 cm³/mol. The van der Waals surface area contributed by atoms with Gasteiger partial charge >= 0.3 is 0 Å². The summed E-state index contributed by atoms with van der Waals surface area (Å²) < 4.78 is 26.3. The molecule has 0 aliphatic heterocycles. The van der Waals surface area contributed by atoms with Crippen LogP contribution in [-0.2, 0) is 16.6 Å². The summed E-state index contributed by atoms with van der Waals surface area (Å²) >= 11 is 0. The topological polar surface area (TPSA) is 86.9 Å². The number of hydrogen-bond donors (Lipinski definition) is 3. The highest BCUT2D eigenvalue weighted by molar-refractivity contribution is 7.89. The first kappa shape index (κ1) is 13.1. The number of nitrogens with zero attached hydrogens (tertiary/aromatic N) is 1. The molecule has 1 aromatic heterocycles. The highest BCUT2D eigenvalue weighted by Crippen LogP contribution is 2.11. The second kappa shape index (κ2) is 5.42. The van der Waals surface area contributed by atoms with Crippen LogP contribution < -0.4 is 10.0 Å². The van der Waals surface area contributed by atoms with E-state index < -0.39 is 10.0 Å². The molecule has 3 N–H and O–H groups in total. The van der Waals surface area contributed by atoms with Crippen LogP contribution in [0.25, 0.3) is 0 Å². The van der Waals surface area contributed by atoms with Gasteiger partial charge < -0.3 is 5.32 Å². The van der Waals surface area contributed by atoms with Gasteiger partial charge in [-0.3, -0.25) is 5.10 Å². The minimum atomic E-state index is -3.49. The summed E-state index contributed by atoms with van der Waals surface area (Å²) in [5.74, 6) is 0. The fourth-order valence-corrected chi connectivity index (χ4v) is 2.67. The van der Waals surface area contributed by atoms with E-state index in [0.29, 0.717) is 12.1 Å². The minimum Gasteiger partial charge on any atom is -0.313 e. The Morgan fingerprint density at radius 2 is 2.19 bits per heavy atom. The summed E-state index contributed by atoms with van der Waals surface area (Å²) in [5, 5.41) is 9.49. The fraction of sp³-hybridized carbons (Fsp3) is 0.667. The Morgan fingerprint density at radius 3 is 2.75 bits per heavy atom. The van der Waals surface area contributed by atoms with Gasteiger partial charge in [-0.25, -0.2) is 13.1 Å². The van der Waals surface area contributed by atoms with Gasteiger partial charge in [0.15, 0.2) is 5.03 Å². The van der Waals surface area contributed by atoms with Crippen molar-refractivity contribution >= 4 is 10.0 Å². The summed E-state index contributed by atoms with van der Waals surface area (Å²) in [6.45, 7) is 6.78. The van der Waals surface area contributed by atoms with E-state index in [2.05, 4.69) is 20.2 Å². The summed E-state index contributed by atoms with van der Waals surface area (Å²) in [6.07, 6.45) is 1.53. The zero-order chi connectivity index (χ0) is 12.2. The lowest BCUT2D eigenvalue weighted by molar-refractivity contribution is 0.563. The number of aromatic nitrogens is 2. The highest BCUT2D eigenvalue weighted by Gasteiger charge is 2.21. The Morgan fingerprint density at radius 1 is 1.50 bits per heavy atom. The van der Waals surface area contributed by atoms with Crippen LogP contribution in [0.1, 0.15) is 26.3 Å². The zero-order valence-electron chi connectivity index (χ0n) is 9.74. The van der Waals surface area contributed by atoms with Gasteiger partial charge in [-0.2, -0.15) is 5.10 Å². The Hall–Kier alpha value is -0.920. The molecule has 0 radical (unpaired) electrons. The molecule has 7 heteroatoms. The maximum Gasteiger partial charge on any atom is 0.258 e. The first-order valence-corrected chi connectivity index (χ1v) is 6.71. The van der Waals surface area contributed by atoms with Crippen LogP contribution in [-0.4, -0.2) is 31.2 Å². The van der Waals surface area contributed by atoms with Crippen LogP contribution in [0.5, 0.6) is 0 Å². The second-order valence-corrected chi connectivity index (χ2v) is 5.43. The van der Waals surface area contributed by atoms with Crippen LogP contribution in [0.15, 0.2) is 11.2 Å². The van der Waals surface area contributed by atoms with Crippen molar-refractivity contribution in [3.8, 4) is 0 Å². The number of hydrogen-bond acceptors (Lipinski definition) is 4. The maximum atomic E-state index is 11.9. The predicted octanol–water partition coefficient (Wildman–Crippen LogP) is 0.206. The Balaban J connectivity index is 2.90. The molecular formula is C9H18N4O2S. The van der Waals surface area contributed by atoms with E-state index in [0.717, 1.165) is 6.54 Å². The lowest BCUT2D eigenvalue weighted by Crippen LogP contribution is -2.31. The summed E-state index contributed by atoms with van der Waals surface area (Å²) in [6, 6.07) is -0.139. The number of sulfonamides is 1. The lowest BCUT2D eigenvalue weighted by atomic mass is 10.3. The normalized spacial score (nSPS) is 12.2. The molecule has 0 atom stereocenters. The number of nitrogens with one attached hydrogen (secondary N) is 3. The van der Waals surface area contributed by atoms with Crippen LogP contribution in [0.4, 0.5) is 0 Å². The Labute approximate surface area is 95.9 Å². The van der Waals surface area contributed by atoms with Crippen molar-refractivity contribution in [3.63, 3.8) is 0 Å². The lowest BCUT2D eigenvalue weighted by Gasteiger charge is -2.09. The zero-order valence-corrected chi connectivity index (χ0v) is 10.6. The van der Waals surface area contributed by atoms with Crippen molar-refractivity contribution in [2.45, 2.75) is 38.4 Å². The molecule has 16 heavy (non-hydrogen) atoms. The van der Waals surface area contributed by atoms with Crippen molar-refractivity contribution in [2.75, 3.05) is 6.54 Å². The molecule has 0 saturated heterocycles. The van der Waals surface area contributed by atoms with Gasteiger partial charge in [-0.05, 0) is 20.4 Å². The molecule has 0 saturated carbocycles. The van der Waals surface area contributed by atoms with Crippen LogP contribution in [0.2, 0.25) is 0 Å². The number of H-pyrrole nitrogens is 1. The third kappa shape index (κ3) is 3.29. The molecule has 92 valence electrons. The smallest absolute Gasteiger partial charge is 0.258 e. The van der Waals surface area contributed by atoms with Gasteiger partial charge in [-0.15, -0.1) is 0 Å². The number of rotatable bonds is 6. The van der Waals surface area contributed by atoms with Crippen molar-refractivity contribution in [3.05, 3.63) is 11.8 Å². The average Bonchev–Trinajstić information content (AvgIpc) is 2.61. The van der Waals surface area contributed by atoms with Gasteiger partial charge in [0.2, 0.25) is 0 Å². The molecule has 0 amide bonds. The molecule has 0 bridgehead atoms. The standard InChI is InChI=1S/C9H18N4O2S/c1-4-10-5-8-6-11-12-9(8)16(14,15)13-7(2)3/h6-7,10,13H,4-5H2,1-3H3,(H,11,12). The van der Waals surface area contributed by atoms with Gasteiger partial charge in [0.1, 0.15) is 0 Å². The third-order valence-electron chi connectivity index (χ3n) is 1.90. The van der Waals surface area contributed by atoms with Crippen LogP contribution in [0, 0.1) is 0 Å². The van der Waals surface area contributed by atoms with Crippen molar-refractivity contribution in [1.82, 2.24) is 20.2 Å². The van der Waals surface area contributed by atoms with Gasteiger partial charge in [0.25, 0.3) is 10.0 Å². The molecule has 0 aliphatic carbocycles. The van der Waals surface area contributed by atoms with Gasteiger partial charge in [0, 0.05) is 18.2 Å².